The summed E-state index contributed by atoms with van der Waals surface area (Å²) in [7, 11) is 1.54. The molecule has 0 radical (unpaired) electrons. The number of likely N-dealkylation sites (N-methyl/N-ethyl adjacent to an activating group) is 1. The Kier molecular flexibility index (Phi) is 13.2. The Labute approximate surface area is 169 Å². The van der Waals surface area contributed by atoms with Crippen LogP contribution in [0.15, 0.2) is 0 Å². The summed E-state index contributed by atoms with van der Waals surface area (Å²) in [6.45, 7) is 8.11. The standard InChI is InChI=1S/C19H37N3O4S/c1-12(2)10-14(16(27)11-17(23)26-13(3)4)18(24)22-15(19(25)21-5)8-6-7-9-20/h12-16,27H,6-11,20H2,1-5H3,(H,21,25)(H,22,24)/t14?,15-,16?/m0/s1. The van der Waals surface area contributed by atoms with Gasteiger partial charge in [-0.3, -0.25) is 14.4 Å². The molecule has 0 spiro atoms. The van der Waals surface area contributed by atoms with Gasteiger partial charge in [-0.15, -0.1) is 0 Å². The third kappa shape index (κ3) is 11.2. The molecule has 0 bridgehead atoms. The number of rotatable bonds is 13. The highest BCUT2D eigenvalue weighted by molar-refractivity contribution is 7.81. The first kappa shape index (κ1) is 25.7. The molecule has 7 nitrogen and oxygen atoms in total. The quantitative estimate of drug-likeness (QED) is 0.212. The van der Waals surface area contributed by atoms with Crippen molar-refractivity contribution in [1.29, 1.82) is 0 Å². The number of nitrogens with one attached hydrogen (secondary N) is 2. The fourth-order valence-corrected chi connectivity index (χ4v) is 3.19. The van der Waals surface area contributed by atoms with Crippen molar-refractivity contribution in [2.45, 2.75) is 77.2 Å². The molecule has 3 atom stereocenters. The topological polar surface area (TPSA) is 111 Å². The molecule has 0 aliphatic rings. The molecule has 0 aliphatic carbocycles. The lowest BCUT2D eigenvalue weighted by Crippen LogP contribution is -2.49. The lowest BCUT2D eigenvalue weighted by molar-refractivity contribution is -0.147. The summed E-state index contributed by atoms with van der Waals surface area (Å²) >= 11 is 4.50. The number of esters is 1. The van der Waals surface area contributed by atoms with E-state index in [0.717, 1.165) is 12.8 Å². The zero-order chi connectivity index (χ0) is 21.0. The first-order valence-corrected chi connectivity index (χ1v) is 10.2. The van der Waals surface area contributed by atoms with Crippen molar-refractivity contribution in [3.8, 4) is 0 Å². The van der Waals surface area contributed by atoms with Gasteiger partial charge in [-0.25, -0.2) is 0 Å². The second kappa shape index (κ2) is 13.8. The number of hydrogen-bond donors (Lipinski definition) is 4. The molecule has 0 aromatic carbocycles. The highest BCUT2D eigenvalue weighted by atomic mass is 32.1. The van der Waals surface area contributed by atoms with E-state index in [1.807, 2.05) is 13.8 Å². The molecular weight excluding hydrogens is 366 g/mol. The van der Waals surface area contributed by atoms with Crippen LogP contribution >= 0.6 is 12.6 Å². The minimum absolute atomic E-state index is 0.0455. The zero-order valence-electron chi connectivity index (χ0n) is 17.3. The van der Waals surface area contributed by atoms with Crippen LogP contribution in [0.5, 0.6) is 0 Å². The maximum Gasteiger partial charge on any atom is 0.307 e. The summed E-state index contributed by atoms with van der Waals surface area (Å²) in [5.41, 5.74) is 5.51. The third-order valence-corrected chi connectivity index (χ3v) is 4.64. The van der Waals surface area contributed by atoms with E-state index in [2.05, 4.69) is 23.3 Å². The van der Waals surface area contributed by atoms with Gasteiger partial charge in [-0.05, 0) is 52.0 Å². The summed E-state index contributed by atoms with van der Waals surface area (Å²) in [6.07, 6.45) is 2.45. The predicted molar refractivity (Wildman–Crippen MR) is 110 cm³/mol. The maximum absolute atomic E-state index is 12.9. The summed E-state index contributed by atoms with van der Waals surface area (Å²) < 4.78 is 5.16. The van der Waals surface area contributed by atoms with Crippen LogP contribution in [-0.2, 0) is 19.1 Å². The number of unbranched alkanes of at least 4 members (excludes halogenated alkanes) is 1. The van der Waals surface area contributed by atoms with E-state index in [1.165, 1.54) is 0 Å². The first-order valence-electron chi connectivity index (χ1n) is 9.71. The maximum atomic E-state index is 12.9. The normalized spacial score (nSPS) is 14.6. The number of hydrogen-bond acceptors (Lipinski definition) is 6. The number of ether oxygens (including phenoxy) is 1. The van der Waals surface area contributed by atoms with Crippen LogP contribution < -0.4 is 16.4 Å². The summed E-state index contributed by atoms with van der Waals surface area (Å²) in [5.74, 6) is -1.12. The Morgan fingerprint density at radius 1 is 1.07 bits per heavy atom. The zero-order valence-corrected chi connectivity index (χ0v) is 18.2. The first-order chi connectivity index (χ1) is 12.6. The lowest BCUT2D eigenvalue weighted by atomic mass is 9.91. The Bertz CT molecular complexity index is 472. The van der Waals surface area contributed by atoms with E-state index in [0.29, 0.717) is 19.4 Å². The molecule has 0 saturated carbocycles. The predicted octanol–water partition coefficient (Wildman–Crippen LogP) is 1.65. The fraction of sp³-hybridized carbons (Fsp3) is 0.842. The monoisotopic (exact) mass is 403 g/mol. The molecule has 2 unspecified atom stereocenters. The van der Waals surface area contributed by atoms with Crippen molar-refractivity contribution in [3.63, 3.8) is 0 Å². The average molecular weight is 404 g/mol. The van der Waals surface area contributed by atoms with Crippen molar-refractivity contribution in [2.24, 2.45) is 17.6 Å². The van der Waals surface area contributed by atoms with Gasteiger partial charge in [0, 0.05) is 12.3 Å². The highest BCUT2D eigenvalue weighted by Crippen LogP contribution is 2.23. The summed E-state index contributed by atoms with van der Waals surface area (Å²) in [5, 5.41) is 4.94. The van der Waals surface area contributed by atoms with Crippen molar-refractivity contribution >= 4 is 30.4 Å². The molecule has 0 saturated heterocycles. The molecule has 2 amide bonds. The number of carbonyl (C=O) groups excluding carboxylic acids is 3. The van der Waals surface area contributed by atoms with Gasteiger partial charge in [-0.1, -0.05) is 13.8 Å². The Morgan fingerprint density at radius 3 is 2.19 bits per heavy atom. The summed E-state index contributed by atoms with van der Waals surface area (Å²) in [4.78, 5) is 36.9. The van der Waals surface area contributed by atoms with E-state index >= 15 is 0 Å². The van der Waals surface area contributed by atoms with Crippen LogP contribution in [0, 0.1) is 11.8 Å². The smallest absolute Gasteiger partial charge is 0.307 e. The van der Waals surface area contributed by atoms with Gasteiger partial charge < -0.3 is 21.1 Å². The van der Waals surface area contributed by atoms with Crippen LogP contribution in [-0.4, -0.2) is 48.8 Å². The molecule has 0 aromatic heterocycles. The number of carbonyl (C=O) groups is 3. The van der Waals surface area contributed by atoms with E-state index < -0.39 is 17.2 Å². The van der Waals surface area contributed by atoms with Crippen LogP contribution in [0.25, 0.3) is 0 Å². The van der Waals surface area contributed by atoms with Gasteiger partial charge in [0.2, 0.25) is 11.8 Å². The van der Waals surface area contributed by atoms with Gasteiger partial charge in [0.25, 0.3) is 0 Å². The minimum Gasteiger partial charge on any atom is -0.463 e. The van der Waals surface area contributed by atoms with Crippen molar-refractivity contribution in [1.82, 2.24) is 10.6 Å². The van der Waals surface area contributed by atoms with E-state index in [4.69, 9.17) is 10.5 Å². The minimum atomic E-state index is -0.619. The summed E-state index contributed by atoms with van der Waals surface area (Å²) in [6, 6.07) is -0.619. The van der Waals surface area contributed by atoms with E-state index in [-0.39, 0.29) is 36.2 Å². The average Bonchev–Trinajstić information content (AvgIpc) is 2.56. The van der Waals surface area contributed by atoms with Gasteiger partial charge >= 0.3 is 5.97 Å². The van der Waals surface area contributed by atoms with Crippen LogP contribution in [0.3, 0.4) is 0 Å². The molecule has 0 fully saturated rings. The molecule has 0 rings (SSSR count). The van der Waals surface area contributed by atoms with Crippen molar-refractivity contribution < 1.29 is 19.1 Å². The van der Waals surface area contributed by atoms with Gasteiger partial charge in [0.15, 0.2) is 0 Å². The highest BCUT2D eigenvalue weighted by Gasteiger charge is 2.31. The molecule has 0 heterocycles. The molecule has 158 valence electrons. The molecule has 0 aliphatic heterocycles. The molecular formula is C19H37N3O4S. The third-order valence-electron chi connectivity index (χ3n) is 4.10. The van der Waals surface area contributed by atoms with Gasteiger partial charge in [0.1, 0.15) is 6.04 Å². The van der Waals surface area contributed by atoms with Gasteiger partial charge in [-0.2, -0.15) is 12.6 Å². The number of nitrogens with two attached hydrogens (primary N) is 1. The molecule has 0 aromatic rings. The molecule has 27 heavy (non-hydrogen) atoms. The SMILES string of the molecule is CNC(=O)[C@H](CCCCN)NC(=O)C(CC(C)C)C(S)CC(=O)OC(C)C. The van der Waals surface area contributed by atoms with Gasteiger partial charge in [0.05, 0.1) is 18.4 Å². The number of thiol groups is 1. The molecule has 4 N–H and O–H groups in total. The molecule has 8 heteroatoms. The van der Waals surface area contributed by atoms with Crippen LogP contribution in [0.4, 0.5) is 0 Å². The van der Waals surface area contributed by atoms with Crippen LogP contribution in [0.1, 0.15) is 59.8 Å². The second-order valence-electron chi connectivity index (χ2n) is 7.51. The fourth-order valence-electron chi connectivity index (χ4n) is 2.79. The Balaban J connectivity index is 5.09. The van der Waals surface area contributed by atoms with E-state index in [1.54, 1.807) is 20.9 Å². The van der Waals surface area contributed by atoms with Crippen molar-refractivity contribution in [3.05, 3.63) is 0 Å². The Hall–Kier alpha value is -1.28. The second-order valence-corrected chi connectivity index (χ2v) is 8.17. The Morgan fingerprint density at radius 2 is 1.70 bits per heavy atom. The largest absolute Gasteiger partial charge is 0.463 e. The van der Waals surface area contributed by atoms with E-state index in [9.17, 15) is 14.4 Å². The van der Waals surface area contributed by atoms with Crippen LogP contribution in [0.2, 0.25) is 0 Å². The van der Waals surface area contributed by atoms with Crippen molar-refractivity contribution in [2.75, 3.05) is 13.6 Å². The lowest BCUT2D eigenvalue weighted by Gasteiger charge is -2.26. The number of amides is 2.